The van der Waals surface area contributed by atoms with Crippen molar-refractivity contribution in [1.29, 1.82) is 0 Å². The number of thiophene rings is 1. The zero-order chi connectivity index (χ0) is 33.9. The molecule has 1 aromatic heterocycles. The third-order valence-corrected chi connectivity index (χ3v) is 10.9. The number of ether oxygens (including phenoxy) is 3. The van der Waals surface area contributed by atoms with E-state index < -0.39 is 73.2 Å². The van der Waals surface area contributed by atoms with Crippen molar-refractivity contribution in [2.45, 2.75) is 99.6 Å². The highest BCUT2D eigenvalue weighted by Crippen LogP contribution is 2.46. The van der Waals surface area contributed by atoms with E-state index in [1.807, 2.05) is 6.08 Å². The van der Waals surface area contributed by atoms with Gasteiger partial charge in [-0.3, -0.25) is 14.4 Å². The number of amides is 4. The number of esters is 1. The van der Waals surface area contributed by atoms with E-state index in [1.165, 1.54) is 17.4 Å². The van der Waals surface area contributed by atoms with Crippen molar-refractivity contribution >= 4 is 51.1 Å². The summed E-state index contributed by atoms with van der Waals surface area (Å²) in [6.07, 6.45) is 7.21. The number of nitrogens with zero attached hydrogens (tertiary/aromatic N) is 1. The zero-order valence-electron chi connectivity index (χ0n) is 26.7. The van der Waals surface area contributed by atoms with Crippen LogP contribution in [0, 0.1) is 5.92 Å². The molecule has 1 saturated carbocycles. The Morgan fingerprint density at radius 3 is 2.50 bits per heavy atom. The summed E-state index contributed by atoms with van der Waals surface area (Å²) < 4.78 is 43.7. The Labute approximate surface area is 272 Å². The van der Waals surface area contributed by atoms with Crippen LogP contribution in [0.2, 0.25) is 0 Å². The Balaban J connectivity index is 1.58. The van der Waals surface area contributed by atoms with Crippen LogP contribution >= 0.6 is 11.3 Å². The van der Waals surface area contributed by atoms with Gasteiger partial charge in [0.1, 0.15) is 28.8 Å². The van der Waals surface area contributed by atoms with Gasteiger partial charge in [0.25, 0.3) is 15.9 Å². The fraction of sp³-hybridized carbons (Fsp3) is 0.633. The van der Waals surface area contributed by atoms with Crippen LogP contribution in [0.3, 0.4) is 0 Å². The van der Waals surface area contributed by atoms with Gasteiger partial charge in [-0.2, -0.15) is 0 Å². The van der Waals surface area contributed by atoms with Crippen molar-refractivity contribution in [3.63, 3.8) is 0 Å². The van der Waals surface area contributed by atoms with Gasteiger partial charge in [-0.1, -0.05) is 25.0 Å². The van der Waals surface area contributed by atoms with Crippen LogP contribution in [-0.2, 0) is 33.9 Å². The van der Waals surface area contributed by atoms with Crippen LogP contribution in [-0.4, -0.2) is 87.1 Å². The molecule has 2 aliphatic heterocycles. The fourth-order valence-corrected chi connectivity index (χ4v) is 8.22. The number of alkyl carbamates (subject to hydrolysis) is 1. The lowest BCUT2D eigenvalue weighted by Crippen LogP contribution is -2.58. The highest BCUT2D eigenvalue weighted by molar-refractivity contribution is 7.92. The summed E-state index contributed by atoms with van der Waals surface area (Å²) in [5.41, 5.74) is -2.46. The van der Waals surface area contributed by atoms with E-state index in [2.05, 4.69) is 20.1 Å². The number of fused-ring (bicyclic) bond motifs is 2. The zero-order valence-corrected chi connectivity index (χ0v) is 28.3. The quantitative estimate of drug-likeness (QED) is 0.298. The first-order valence-electron chi connectivity index (χ1n) is 15.2. The molecule has 3 aliphatic rings. The average molecular weight is 683 g/mol. The smallest absolute Gasteiger partial charge is 0.408 e. The van der Waals surface area contributed by atoms with E-state index in [0.29, 0.717) is 43.4 Å². The van der Waals surface area contributed by atoms with Crippen molar-refractivity contribution < 1.29 is 46.6 Å². The van der Waals surface area contributed by atoms with Crippen molar-refractivity contribution in [3.8, 4) is 5.75 Å². The normalized spacial score (nSPS) is 26.3. The molecule has 4 rings (SSSR count). The molecule has 3 N–H and O–H groups in total. The molecule has 0 unspecified atom stereocenters. The van der Waals surface area contributed by atoms with Gasteiger partial charge in [-0.15, -0.1) is 11.3 Å². The first kappa shape index (κ1) is 35.2. The van der Waals surface area contributed by atoms with Crippen LogP contribution in [0.4, 0.5) is 4.79 Å². The number of hydrogen-bond acceptors (Lipinski definition) is 11. The molecule has 1 saturated heterocycles. The molecule has 14 nitrogen and oxygen atoms in total. The van der Waals surface area contributed by atoms with Gasteiger partial charge >= 0.3 is 12.1 Å². The van der Waals surface area contributed by atoms with Crippen LogP contribution in [0.15, 0.2) is 21.7 Å². The molecule has 254 valence electrons. The maximum atomic E-state index is 13.8. The lowest BCUT2D eigenvalue weighted by Gasteiger charge is -2.30. The highest BCUT2D eigenvalue weighted by atomic mass is 32.2. The number of sulfonamides is 1. The minimum atomic E-state index is -4.53. The third kappa shape index (κ3) is 7.82. The van der Waals surface area contributed by atoms with Crippen LogP contribution < -0.4 is 20.1 Å². The van der Waals surface area contributed by atoms with Crippen LogP contribution in [0.1, 0.15) is 82.5 Å². The lowest BCUT2D eigenvalue weighted by molar-refractivity contribution is -0.141. The summed E-state index contributed by atoms with van der Waals surface area (Å²) in [4.78, 5) is 67.3. The number of methoxy groups -OCH3 is 2. The van der Waals surface area contributed by atoms with E-state index in [1.54, 1.807) is 26.8 Å². The van der Waals surface area contributed by atoms with Crippen LogP contribution in [0.25, 0.3) is 0 Å². The SMILES string of the molecule is COC(=O)c1csc(S(=O)(=O)NC(=O)[C@@]23C[C@@H]2/C=C\CCCCC[C@H](NC(=O)OC(C)(C)C)C(=O)N2CCC[C@H]2C(=O)N3)c1OC. The molecule has 4 atom stereocenters. The average Bonchev–Trinajstić information content (AvgIpc) is 3.30. The molecule has 1 aromatic rings. The number of rotatable bonds is 6. The second kappa shape index (κ2) is 14.0. The van der Waals surface area contributed by atoms with E-state index in [-0.39, 0.29) is 24.3 Å². The molecule has 3 heterocycles. The first-order valence-corrected chi connectivity index (χ1v) is 17.6. The standard InChI is InChI=1S/C30H42N4O10S2/c1-29(2,3)44-28(39)31-20-13-10-8-6-7-9-12-18-16-30(18,32-23(35)21-14-11-15-34(21)24(20)36)27(38)33-46(40,41)26-22(42-4)19(17-45-26)25(37)43-5/h9,12,17-18,20-21H,6-8,10-11,13-16H2,1-5H3,(H,31,39)(H,32,35)(H,33,38)/b12-9-/t18-,20-,21-,30+/m0/s1. The Morgan fingerprint density at radius 1 is 1.09 bits per heavy atom. The van der Waals surface area contributed by atoms with E-state index in [9.17, 15) is 32.4 Å². The second-order valence-electron chi connectivity index (χ2n) is 12.6. The maximum absolute atomic E-state index is 13.8. The maximum Gasteiger partial charge on any atom is 0.408 e. The van der Waals surface area contributed by atoms with Crippen molar-refractivity contribution in [2.75, 3.05) is 20.8 Å². The summed E-state index contributed by atoms with van der Waals surface area (Å²) in [5, 5.41) is 6.72. The minimum Gasteiger partial charge on any atom is -0.493 e. The van der Waals surface area contributed by atoms with Gasteiger partial charge in [-0.05, 0) is 59.3 Å². The number of allylic oxidation sites excluding steroid dienone is 1. The first-order chi connectivity index (χ1) is 21.6. The molecule has 0 aromatic carbocycles. The summed E-state index contributed by atoms with van der Waals surface area (Å²) in [7, 11) is -2.20. The molecular formula is C30H42N4O10S2. The van der Waals surface area contributed by atoms with E-state index in [4.69, 9.17) is 9.47 Å². The number of nitrogens with one attached hydrogen (secondary N) is 3. The Hall–Kier alpha value is -3.66. The molecule has 16 heteroatoms. The Kier molecular flexibility index (Phi) is 10.7. The summed E-state index contributed by atoms with van der Waals surface area (Å²) in [6.45, 7) is 5.44. The molecule has 0 radical (unpaired) electrons. The number of carbonyl (C=O) groups excluding carboxylic acids is 5. The molecule has 46 heavy (non-hydrogen) atoms. The summed E-state index contributed by atoms with van der Waals surface area (Å²) >= 11 is 0.685. The van der Waals surface area contributed by atoms with Gasteiger partial charge in [0.15, 0.2) is 9.96 Å². The highest BCUT2D eigenvalue weighted by Gasteiger charge is 2.61. The predicted molar refractivity (Wildman–Crippen MR) is 167 cm³/mol. The van der Waals surface area contributed by atoms with Crippen molar-refractivity contribution in [2.24, 2.45) is 5.92 Å². The second-order valence-corrected chi connectivity index (χ2v) is 15.4. The van der Waals surface area contributed by atoms with Gasteiger partial charge in [-0.25, -0.2) is 22.7 Å². The van der Waals surface area contributed by atoms with Gasteiger partial charge < -0.3 is 29.7 Å². The number of carbonyl (C=O) groups is 5. The molecular weight excluding hydrogens is 640 g/mol. The third-order valence-electron chi connectivity index (χ3n) is 8.12. The lowest BCUT2D eigenvalue weighted by atomic mass is 10.0. The molecule has 0 spiro atoms. The van der Waals surface area contributed by atoms with E-state index in [0.717, 1.165) is 20.0 Å². The monoisotopic (exact) mass is 682 g/mol. The van der Waals surface area contributed by atoms with Crippen molar-refractivity contribution in [1.82, 2.24) is 20.3 Å². The van der Waals surface area contributed by atoms with Gasteiger partial charge in [0.2, 0.25) is 11.8 Å². The minimum absolute atomic E-state index is 0.110. The molecule has 1 aliphatic carbocycles. The topological polar surface area (TPSA) is 187 Å². The van der Waals surface area contributed by atoms with Crippen molar-refractivity contribution in [3.05, 3.63) is 23.1 Å². The number of hydrogen-bond donors (Lipinski definition) is 3. The Bertz CT molecular complexity index is 1500. The summed E-state index contributed by atoms with van der Waals surface area (Å²) in [6, 6.07) is -1.83. The molecule has 4 amide bonds. The van der Waals surface area contributed by atoms with E-state index >= 15 is 0 Å². The molecule has 0 bridgehead atoms. The van der Waals surface area contributed by atoms with Gasteiger partial charge in [0, 0.05) is 17.8 Å². The summed E-state index contributed by atoms with van der Waals surface area (Å²) in [5.74, 6) is -3.52. The Morgan fingerprint density at radius 2 is 1.83 bits per heavy atom. The molecule has 2 fully saturated rings. The fourth-order valence-electron chi connectivity index (χ4n) is 5.76. The predicted octanol–water partition coefficient (Wildman–Crippen LogP) is 2.63. The van der Waals surface area contributed by atoms with Gasteiger partial charge in [0.05, 0.1) is 14.2 Å². The van der Waals surface area contributed by atoms with Crippen LogP contribution in [0.5, 0.6) is 5.75 Å². The largest absolute Gasteiger partial charge is 0.493 e.